The zero-order valence-corrected chi connectivity index (χ0v) is 19.7. The maximum Gasteiger partial charge on any atom is 0.242 e. The van der Waals surface area contributed by atoms with Gasteiger partial charge in [0, 0.05) is 23.9 Å². The Bertz CT molecular complexity index is 857. The highest BCUT2D eigenvalue weighted by Gasteiger charge is 2.26. The van der Waals surface area contributed by atoms with E-state index in [1.807, 2.05) is 69.3 Å². The molecule has 1 N–H and O–H groups in total. The van der Waals surface area contributed by atoms with Crippen LogP contribution in [0.5, 0.6) is 0 Å². The number of benzene rings is 2. The van der Waals surface area contributed by atoms with Gasteiger partial charge in [0.15, 0.2) is 0 Å². The van der Waals surface area contributed by atoms with Crippen LogP contribution in [0, 0.1) is 12.8 Å². The van der Waals surface area contributed by atoms with E-state index in [4.69, 9.17) is 11.6 Å². The van der Waals surface area contributed by atoms with Gasteiger partial charge in [-0.05, 0) is 48.6 Å². The molecule has 2 rings (SSSR count). The van der Waals surface area contributed by atoms with Gasteiger partial charge >= 0.3 is 0 Å². The van der Waals surface area contributed by atoms with Crippen molar-refractivity contribution in [2.75, 3.05) is 12.3 Å². The van der Waals surface area contributed by atoms with E-state index in [9.17, 15) is 9.59 Å². The van der Waals surface area contributed by atoms with Crippen molar-refractivity contribution < 1.29 is 9.59 Å². The topological polar surface area (TPSA) is 49.4 Å². The number of carbonyl (C=O) groups is 2. The lowest BCUT2D eigenvalue weighted by atomic mass is 10.1. The van der Waals surface area contributed by atoms with E-state index in [-0.39, 0.29) is 11.8 Å². The van der Waals surface area contributed by atoms with Crippen LogP contribution in [-0.4, -0.2) is 35.1 Å². The number of hydrogen-bond donors (Lipinski definition) is 1. The molecule has 0 saturated heterocycles. The van der Waals surface area contributed by atoms with E-state index in [0.29, 0.717) is 35.5 Å². The van der Waals surface area contributed by atoms with Gasteiger partial charge in [0.2, 0.25) is 11.8 Å². The average Bonchev–Trinajstić information content (AvgIpc) is 2.70. The van der Waals surface area contributed by atoms with Crippen molar-refractivity contribution in [3.63, 3.8) is 0 Å². The fourth-order valence-electron chi connectivity index (χ4n) is 2.97. The van der Waals surface area contributed by atoms with Crippen LogP contribution in [0.25, 0.3) is 0 Å². The van der Waals surface area contributed by atoms with Crippen molar-refractivity contribution >= 4 is 35.2 Å². The summed E-state index contributed by atoms with van der Waals surface area (Å²) in [6.07, 6.45) is 0. The second-order valence-corrected chi connectivity index (χ2v) is 9.31. The molecule has 6 heteroatoms. The number of aryl methyl sites for hydroxylation is 1. The number of nitrogens with one attached hydrogen (secondary N) is 1. The largest absolute Gasteiger partial charge is 0.354 e. The highest BCUT2D eigenvalue weighted by Crippen LogP contribution is 2.19. The van der Waals surface area contributed by atoms with Crippen molar-refractivity contribution in [1.82, 2.24) is 10.2 Å². The van der Waals surface area contributed by atoms with Crippen LogP contribution in [0.3, 0.4) is 0 Å². The average molecular weight is 447 g/mol. The molecule has 0 heterocycles. The van der Waals surface area contributed by atoms with E-state index in [1.165, 1.54) is 11.8 Å². The minimum absolute atomic E-state index is 0.0440. The summed E-state index contributed by atoms with van der Waals surface area (Å²) in [6.45, 7) is 8.93. The first-order valence-corrected chi connectivity index (χ1v) is 11.7. The van der Waals surface area contributed by atoms with E-state index in [1.54, 1.807) is 11.8 Å². The molecule has 2 aromatic carbocycles. The van der Waals surface area contributed by atoms with Crippen molar-refractivity contribution in [3.05, 3.63) is 70.2 Å². The summed E-state index contributed by atoms with van der Waals surface area (Å²) < 4.78 is 0. The Kier molecular flexibility index (Phi) is 9.73. The molecule has 0 fully saturated rings. The van der Waals surface area contributed by atoms with E-state index >= 15 is 0 Å². The number of halogens is 1. The Morgan fingerprint density at radius 1 is 1.10 bits per heavy atom. The molecule has 0 radical (unpaired) electrons. The maximum atomic E-state index is 13.1. The molecular weight excluding hydrogens is 416 g/mol. The minimum atomic E-state index is -0.539. The number of hydrogen-bond acceptors (Lipinski definition) is 3. The smallest absolute Gasteiger partial charge is 0.242 e. The summed E-state index contributed by atoms with van der Waals surface area (Å²) in [7, 11) is 0. The first kappa shape index (κ1) is 24.3. The highest BCUT2D eigenvalue weighted by atomic mass is 35.5. The van der Waals surface area contributed by atoms with Gasteiger partial charge in [-0.15, -0.1) is 11.8 Å². The third-order valence-electron chi connectivity index (χ3n) is 4.84. The second-order valence-electron chi connectivity index (χ2n) is 7.89. The summed E-state index contributed by atoms with van der Waals surface area (Å²) in [5, 5.41) is 3.64. The number of amides is 2. The van der Waals surface area contributed by atoms with Crippen LogP contribution in [0.4, 0.5) is 0 Å². The summed E-state index contributed by atoms with van der Waals surface area (Å²) in [5.41, 5.74) is 3.24. The lowest BCUT2D eigenvalue weighted by Gasteiger charge is -2.29. The number of rotatable bonds is 10. The molecule has 2 amide bonds. The van der Waals surface area contributed by atoms with Crippen LogP contribution in [0.1, 0.15) is 37.5 Å². The molecule has 0 bridgehead atoms. The molecular formula is C24H31ClN2O2S. The third kappa shape index (κ3) is 7.69. The first-order valence-electron chi connectivity index (χ1n) is 10.2. The van der Waals surface area contributed by atoms with Gasteiger partial charge in [-0.1, -0.05) is 61.8 Å². The van der Waals surface area contributed by atoms with Crippen molar-refractivity contribution in [2.24, 2.45) is 5.92 Å². The zero-order valence-electron chi connectivity index (χ0n) is 18.2. The molecule has 162 valence electrons. The Morgan fingerprint density at radius 2 is 1.83 bits per heavy atom. The van der Waals surface area contributed by atoms with Gasteiger partial charge in [0.25, 0.3) is 0 Å². The van der Waals surface area contributed by atoms with Crippen LogP contribution in [0.2, 0.25) is 5.02 Å². The summed E-state index contributed by atoms with van der Waals surface area (Å²) in [4.78, 5) is 27.5. The normalized spacial score (nSPS) is 11.9. The molecule has 30 heavy (non-hydrogen) atoms. The maximum absolute atomic E-state index is 13.1. The minimum Gasteiger partial charge on any atom is -0.354 e. The second kappa shape index (κ2) is 12.0. The lowest BCUT2D eigenvalue weighted by molar-refractivity contribution is -0.138. The molecule has 1 atom stereocenters. The summed E-state index contributed by atoms with van der Waals surface area (Å²) in [5.74, 6) is 1.19. The highest BCUT2D eigenvalue weighted by molar-refractivity contribution is 7.99. The first-order chi connectivity index (χ1) is 14.3. The predicted octanol–water partition coefficient (Wildman–Crippen LogP) is 5.07. The number of nitrogens with zero attached hydrogens (tertiary/aromatic N) is 1. The van der Waals surface area contributed by atoms with Crippen LogP contribution in [0.15, 0.2) is 48.5 Å². The summed E-state index contributed by atoms with van der Waals surface area (Å²) in [6, 6.07) is 15.1. The van der Waals surface area contributed by atoms with Gasteiger partial charge in [0.05, 0.1) is 5.75 Å². The Labute approximate surface area is 189 Å². The fraction of sp³-hybridized carbons (Fsp3) is 0.417. The molecule has 0 aromatic heterocycles. The monoisotopic (exact) mass is 446 g/mol. The van der Waals surface area contributed by atoms with Crippen molar-refractivity contribution in [3.8, 4) is 0 Å². The summed E-state index contributed by atoms with van der Waals surface area (Å²) >= 11 is 7.57. The fourth-order valence-corrected chi connectivity index (χ4v) is 4.04. The molecule has 0 unspecified atom stereocenters. The molecule has 0 aliphatic rings. The van der Waals surface area contributed by atoms with Gasteiger partial charge in [-0.2, -0.15) is 0 Å². The standard InChI is InChI=1S/C24H31ClN2O2S/c1-17(2)13-26-24(29)19(4)27(14-21-10-6-5-8-18(21)3)23(28)16-30-15-20-9-7-11-22(25)12-20/h5-12,17,19H,13-16H2,1-4H3,(H,26,29)/t19-/m1/s1. The molecule has 0 spiro atoms. The molecule has 0 aliphatic heterocycles. The molecule has 2 aromatic rings. The lowest BCUT2D eigenvalue weighted by Crippen LogP contribution is -2.48. The van der Waals surface area contributed by atoms with Crippen LogP contribution in [-0.2, 0) is 21.9 Å². The predicted molar refractivity (Wildman–Crippen MR) is 127 cm³/mol. The number of carbonyl (C=O) groups excluding carboxylic acids is 2. The van der Waals surface area contributed by atoms with E-state index in [0.717, 1.165) is 16.7 Å². The molecule has 4 nitrogen and oxygen atoms in total. The van der Waals surface area contributed by atoms with Gasteiger partial charge in [-0.25, -0.2) is 0 Å². The SMILES string of the molecule is Cc1ccccc1CN(C(=O)CSCc1cccc(Cl)c1)[C@H](C)C(=O)NCC(C)C. The van der Waals surface area contributed by atoms with Gasteiger partial charge in [0.1, 0.15) is 6.04 Å². The molecule has 0 saturated carbocycles. The quantitative estimate of drug-likeness (QED) is 0.554. The van der Waals surface area contributed by atoms with Gasteiger partial charge < -0.3 is 10.2 Å². The van der Waals surface area contributed by atoms with Crippen LogP contribution < -0.4 is 5.32 Å². The van der Waals surface area contributed by atoms with Gasteiger partial charge in [-0.3, -0.25) is 9.59 Å². The zero-order chi connectivity index (χ0) is 22.1. The Hall–Kier alpha value is -1.98. The Morgan fingerprint density at radius 3 is 2.50 bits per heavy atom. The third-order valence-corrected chi connectivity index (χ3v) is 6.06. The van der Waals surface area contributed by atoms with E-state index in [2.05, 4.69) is 5.32 Å². The van der Waals surface area contributed by atoms with Crippen molar-refractivity contribution in [1.29, 1.82) is 0 Å². The van der Waals surface area contributed by atoms with Crippen molar-refractivity contribution in [2.45, 2.75) is 46.0 Å². The van der Waals surface area contributed by atoms with E-state index < -0.39 is 6.04 Å². The number of thioether (sulfide) groups is 1. The van der Waals surface area contributed by atoms with Crippen LogP contribution >= 0.6 is 23.4 Å². The Balaban J connectivity index is 2.07. The molecule has 0 aliphatic carbocycles.